The number of fused-ring (bicyclic) bond motifs is 5. The maximum Gasteiger partial charge on any atom is 0.226 e. The summed E-state index contributed by atoms with van der Waals surface area (Å²) in [5, 5.41) is 12.1. The number of rotatable bonds is 21. The summed E-state index contributed by atoms with van der Waals surface area (Å²) in [5.41, 5.74) is 23.7. The molecule has 0 aromatic heterocycles. The highest BCUT2D eigenvalue weighted by Gasteiger charge is 2.36. The van der Waals surface area contributed by atoms with Crippen LogP contribution in [0.1, 0.15) is 98.3 Å². The summed E-state index contributed by atoms with van der Waals surface area (Å²) in [6.07, 6.45) is 3.70. The van der Waals surface area contributed by atoms with Crippen LogP contribution in [0.15, 0.2) is 84.9 Å². The summed E-state index contributed by atoms with van der Waals surface area (Å²) in [6, 6.07) is 26.2. The lowest BCUT2D eigenvalue weighted by molar-refractivity contribution is -0.142. The van der Waals surface area contributed by atoms with Gasteiger partial charge < -0.3 is 36.9 Å². The monoisotopic (exact) mass is 884 g/mol. The third-order valence-corrected chi connectivity index (χ3v) is 11.9. The molecule has 1 aliphatic rings. The van der Waals surface area contributed by atoms with E-state index >= 15 is 0 Å². The Morgan fingerprint density at radius 3 is 2.08 bits per heavy atom. The average Bonchev–Trinajstić information content (AvgIpc) is 3.32. The molecular formula is C52H64N6O7. The van der Waals surface area contributed by atoms with Gasteiger partial charge in [0.15, 0.2) is 17.3 Å². The van der Waals surface area contributed by atoms with Gasteiger partial charge in [-0.25, -0.2) is 0 Å². The SMILES string of the molecule is CCCCc1ccc(-c2ccc(C(=O)C[C@@H](CCCN)C(=O)N(C)[C@@H]3C(=O)C[C@@H](C)C(=O)N[C@H](C(=O)CCC#N)Cc4ccc(OCCN)c(c4)-c4cc3ccc4OCCN)cc2)cc1. The Hall–Kier alpha value is -6.20. The Morgan fingerprint density at radius 1 is 0.831 bits per heavy atom. The molecule has 0 aliphatic carbocycles. The number of hydrogen-bond acceptors (Lipinski definition) is 11. The minimum absolute atomic E-state index is 0.0224. The summed E-state index contributed by atoms with van der Waals surface area (Å²) in [6.45, 7) is 4.89. The zero-order valence-electron chi connectivity index (χ0n) is 38.0. The van der Waals surface area contributed by atoms with E-state index in [1.54, 1.807) is 56.4 Å². The van der Waals surface area contributed by atoms with Crippen molar-refractivity contribution < 1.29 is 33.4 Å². The van der Waals surface area contributed by atoms with Crippen LogP contribution in [0.4, 0.5) is 0 Å². The normalized spacial score (nSPS) is 16.7. The van der Waals surface area contributed by atoms with E-state index in [2.05, 4.69) is 36.5 Å². The van der Waals surface area contributed by atoms with Crippen molar-refractivity contribution in [1.82, 2.24) is 10.2 Å². The number of nitrogens with one attached hydrogen (secondary N) is 1. The van der Waals surface area contributed by atoms with Crippen LogP contribution in [0, 0.1) is 23.2 Å². The number of ether oxygens (including phenoxy) is 2. The molecule has 4 aromatic rings. The number of carbonyl (C=O) groups is 5. The fourth-order valence-electron chi connectivity index (χ4n) is 8.24. The Balaban J connectivity index is 1.54. The molecule has 0 saturated heterocycles. The van der Waals surface area contributed by atoms with Crippen molar-refractivity contribution in [2.45, 2.75) is 90.1 Å². The molecule has 7 N–H and O–H groups in total. The number of nitriles is 1. The lowest BCUT2D eigenvalue weighted by atomic mass is 9.87. The third kappa shape index (κ3) is 13.4. The van der Waals surface area contributed by atoms with Crippen molar-refractivity contribution in [3.8, 4) is 39.8 Å². The highest BCUT2D eigenvalue weighted by atomic mass is 16.5. The molecule has 0 saturated carbocycles. The fourth-order valence-corrected chi connectivity index (χ4v) is 8.24. The number of Topliss-reactive ketones (excluding diaryl/α,β-unsaturated/α-hetero) is 3. The fraction of sp³-hybridized carbons (Fsp3) is 0.423. The van der Waals surface area contributed by atoms with Gasteiger partial charge in [0.05, 0.1) is 12.1 Å². The first-order valence-electron chi connectivity index (χ1n) is 22.8. The van der Waals surface area contributed by atoms with E-state index in [1.807, 2.05) is 24.3 Å². The lowest BCUT2D eigenvalue weighted by Gasteiger charge is -2.32. The van der Waals surface area contributed by atoms with Crippen LogP contribution in [0.3, 0.4) is 0 Å². The van der Waals surface area contributed by atoms with Gasteiger partial charge in [0.25, 0.3) is 0 Å². The molecule has 13 nitrogen and oxygen atoms in total. The molecule has 5 rings (SSSR count). The minimum Gasteiger partial charge on any atom is -0.492 e. The standard InChI is InChI=1S/C52H64N6O7/c1-4-5-8-35-11-14-37(15-12-35)38-16-18-39(19-17-38)46(60)33-41(9-6-23-53)52(63)58(3)50-40-20-22-49(65-28-26-56)43(32-40)42-30-36(13-21-48(42)64-27-25-55)31-44(45(59)10-7-24-54)57-51(62)34(2)29-47(50)61/h11-22,30,32,34,41,44,50H,4-10,23,25-29,31,33,53,55-56H2,1-3H3,(H,57,62)/t34-,41-,44+,50+/m1/s1. The molecule has 2 amide bonds. The van der Waals surface area contributed by atoms with Crippen molar-refractivity contribution in [1.29, 1.82) is 5.26 Å². The van der Waals surface area contributed by atoms with E-state index in [9.17, 15) is 29.2 Å². The van der Waals surface area contributed by atoms with Gasteiger partial charge in [-0.05, 0) is 90.7 Å². The molecule has 4 aromatic carbocycles. The molecule has 1 heterocycles. The van der Waals surface area contributed by atoms with Gasteiger partial charge in [-0.2, -0.15) is 5.26 Å². The molecule has 0 fully saturated rings. The second-order valence-corrected chi connectivity index (χ2v) is 16.8. The Bertz CT molecular complexity index is 2310. The van der Waals surface area contributed by atoms with Gasteiger partial charge in [-0.15, -0.1) is 0 Å². The summed E-state index contributed by atoms with van der Waals surface area (Å²) < 4.78 is 12.3. The maximum atomic E-state index is 14.8. The molecule has 4 atom stereocenters. The minimum atomic E-state index is -1.20. The molecule has 13 heteroatoms. The highest BCUT2D eigenvalue weighted by Crippen LogP contribution is 2.41. The van der Waals surface area contributed by atoms with Gasteiger partial charge >= 0.3 is 0 Å². The van der Waals surface area contributed by atoms with E-state index < -0.39 is 41.5 Å². The van der Waals surface area contributed by atoms with Crippen LogP contribution in [-0.4, -0.2) is 80.0 Å². The topological polar surface area (TPSA) is 221 Å². The summed E-state index contributed by atoms with van der Waals surface area (Å²) in [5.74, 6) is -2.74. The quantitative estimate of drug-likeness (QED) is 0.0647. The van der Waals surface area contributed by atoms with Gasteiger partial charge in [0.1, 0.15) is 30.8 Å². The first-order valence-corrected chi connectivity index (χ1v) is 22.8. The first-order chi connectivity index (χ1) is 31.4. The smallest absolute Gasteiger partial charge is 0.226 e. The van der Waals surface area contributed by atoms with Gasteiger partial charge in [-0.1, -0.05) is 80.9 Å². The van der Waals surface area contributed by atoms with E-state index in [4.69, 9.17) is 26.7 Å². The molecule has 4 bridgehead atoms. The van der Waals surface area contributed by atoms with Crippen LogP contribution in [0.25, 0.3) is 22.3 Å². The number of nitrogens with zero attached hydrogens (tertiary/aromatic N) is 2. The summed E-state index contributed by atoms with van der Waals surface area (Å²) in [4.78, 5) is 72.2. The zero-order chi connectivity index (χ0) is 46.9. The number of hydrogen-bond donors (Lipinski definition) is 4. The first kappa shape index (κ1) is 49.8. The molecule has 344 valence electrons. The van der Waals surface area contributed by atoms with Crippen LogP contribution in [-0.2, 0) is 32.0 Å². The molecule has 0 radical (unpaired) electrons. The maximum absolute atomic E-state index is 14.8. The molecule has 0 unspecified atom stereocenters. The number of ketones is 3. The van der Waals surface area contributed by atoms with Crippen LogP contribution >= 0.6 is 0 Å². The molecule has 0 spiro atoms. The Morgan fingerprint density at radius 2 is 1.46 bits per heavy atom. The van der Waals surface area contributed by atoms with Crippen LogP contribution in [0.2, 0.25) is 0 Å². The van der Waals surface area contributed by atoms with Gasteiger partial charge in [0.2, 0.25) is 11.8 Å². The molecule has 65 heavy (non-hydrogen) atoms. The number of benzene rings is 4. The average molecular weight is 885 g/mol. The molecule has 1 aliphatic heterocycles. The Labute approximate surface area is 383 Å². The number of likely N-dealkylation sites (N-methyl/N-ethyl adjacent to an activating group) is 1. The summed E-state index contributed by atoms with van der Waals surface area (Å²) in [7, 11) is 1.54. The Kier molecular flexibility index (Phi) is 19.0. The number of nitrogens with two attached hydrogens (primary N) is 3. The van der Waals surface area contributed by atoms with Crippen molar-refractivity contribution in [3.05, 3.63) is 107 Å². The molecular weight excluding hydrogens is 821 g/mol. The second-order valence-electron chi connectivity index (χ2n) is 16.8. The van der Waals surface area contributed by atoms with E-state index in [0.29, 0.717) is 58.7 Å². The van der Waals surface area contributed by atoms with Gasteiger partial charge in [0, 0.05) is 74.3 Å². The zero-order valence-corrected chi connectivity index (χ0v) is 38.0. The largest absolute Gasteiger partial charge is 0.492 e. The van der Waals surface area contributed by atoms with Gasteiger partial charge in [-0.3, -0.25) is 24.0 Å². The second kappa shape index (κ2) is 24.8. The van der Waals surface area contributed by atoms with Crippen molar-refractivity contribution in [3.63, 3.8) is 0 Å². The van der Waals surface area contributed by atoms with Crippen LogP contribution < -0.4 is 32.0 Å². The number of amides is 2. The van der Waals surface area contributed by atoms with Crippen molar-refractivity contribution in [2.24, 2.45) is 29.0 Å². The van der Waals surface area contributed by atoms with Crippen molar-refractivity contribution >= 4 is 29.2 Å². The van der Waals surface area contributed by atoms with E-state index in [-0.39, 0.29) is 70.0 Å². The number of unbranched alkanes of at least 4 members (excludes halogenated alkanes) is 1. The lowest BCUT2D eigenvalue weighted by Crippen LogP contribution is -2.45. The number of aryl methyl sites for hydroxylation is 1. The predicted octanol–water partition coefficient (Wildman–Crippen LogP) is 6.67. The summed E-state index contributed by atoms with van der Waals surface area (Å²) >= 11 is 0. The number of carbonyl (C=O) groups excluding carboxylic acids is 5. The third-order valence-electron chi connectivity index (χ3n) is 11.9. The van der Waals surface area contributed by atoms with E-state index in [1.165, 1.54) is 10.5 Å². The van der Waals surface area contributed by atoms with Crippen molar-refractivity contribution in [2.75, 3.05) is 39.9 Å². The highest BCUT2D eigenvalue weighted by molar-refractivity contribution is 6.00. The predicted molar refractivity (Wildman–Crippen MR) is 252 cm³/mol. The van der Waals surface area contributed by atoms with Crippen LogP contribution in [0.5, 0.6) is 11.5 Å². The van der Waals surface area contributed by atoms with E-state index in [0.717, 1.165) is 30.4 Å².